The van der Waals surface area contributed by atoms with E-state index >= 15 is 0 Å². The average molecular weight is 358 g/mol. The summed E-state index contributed by atoms with van der Waals surface area (Å²) in [6, 6.07) is 1.75. The number of hydrogen-bond acceptors (Lipinski definition) is 6. The molecule has 1 aromatic rings. The highest BCUT2D eigenvalue weighted by Gasteiger charge is 2.26. The molecule has 1 aliphatic heterocycles. The van der Waals surface area contributed by atoms with Crippen LogP contribution < -0.4 is 9.46 Å². The molecule has 0 bridgehead atoms. The molecular formula is C16H26N2O5S. The summed E-state index contributed by atoms with van der Waals surface area (Å²) in [4.78, 5) is 4.05. The molecular weight excluding hydrogens is 332 g/mol. The third kappa shape index (κ3) is 6.01. The first-order valence-electron chi connectivity index (χ1n) is 7.97. The Morgan fingerprint density at radius 1 is 1.46 bits per heavy atom. The van der Waals surface area contributed by atoms with Crippen molar-refractivity contribution >= 4 is 10.0 Å². The van der Waals surface area contributed by atoms with E-state index in [0.29, 0.717) is 24.9 Å². The number of aromatic nitrogens is 1. The summed E-state index contributed by atoms with van der Waals surface area (Å²) in [7, 11) is -1.97. The molecule has 8 heteroatoms. The summed E-state index contributed by atoms with van der Waals surface area (Å²) in [5.74, 6) is 0.854. The quantitative estimate of drug-likeness (QED) is 0.717. The van der Waals surface area contributed by atoms with E-state index in [-0.39, 0.29) is 12.3 Å². The van der Waals surface area contributed by atoms with Crippen molar-refractivity contribution in [2.24, 2.45) is 5.92 Å². The van der Waals surface area contributed by atoms with E-state index in [9.17, 15) is 8.42 Å². The van der Waals surface area contributed by atoms with Crippen molar-refractivity contribution in [1.29, 1.82) is 0 Å². The van der Waals surface area contributed by atoms with Crippen LogP contribution in [0.4, 0.5) is 0 Å². The first-order chi connectivity index (χ1) is 11.3. The van der Waals surface area contributed by atoms with Crippen molar-refractivity contribution in [3.05, 3.63) is 24.0 Å². The monoisotopic (exact) mass is 358 g/mol. The Bertz CT molecular complexity index is 627. The van der Waals surface area contributed by atoms with E-state index in [1.165, 1.54) is 7.11 Å². The van der Waals surface area contributed by atoms with Gasteiger partial charge < -0.3 is 14.2 Å². The number of hydrogen-bond donors (Lipinski definition) is 1. The van der Waals surface area contributed by atoms with Crippen molar-refractivity contribution < 1.29 is 22.6 Å². The maximum atomic E-state index is 12.2. The molecule has 2 heterocycles. The largest absolute Gasteiger partial charge is 0.491 e. The lowest BCUT2D eigenvalue weighted by atomic mass is 10.1. The molecule has 1 aliphatic rings. The van der Waals surface area contributed by atoms with Gasteiger partial charge in [0.25, 0.3) is 0 Å². The molecule has 0 aliphatic carbocycles. The fraction of sp³-hybridized carbons (Fsp3) is 0.688. The van der Waals surface area contributed by atoms with Gasteiger partial charge in [0.15, 0.2) is 0 Å². The minimum atomic E-state index is -3.47. The van der Waals surface area contributed by atoms with E-state index in [1.807, 2.05) is 0 Å². The van der Waals surface area contributed by atoms with E-state index < -0.39 is 15.6 Å². The molecule has 0 amide bonds. The van der Waals surface area contributed by atoms with Gasteiger partial charge >= 0.3 is 0 Å². The number of nitrogens with one attached hydrogen (secondary N) is 1. The van der Waals surface area contributed by atoms with Crippen LogP contribution in [0.1, 0.15) is 25.8 Å². The van der Waals surface area contributed by atoms with Gasteiger partial charge in [-0.05, 0) is 26.3 Å². The van der Waals surface area contributed by atoms with Crippen LogP contribution in [0.2, 0.25) is 0 Å². The van der Waals surface area contributed by atoms with E-state index in [4.69, 9.17) is 14.2 Å². The lowest BCUT2D eigenvalue weighted by molar-refractivity contribution is 0.0424. The molecule has 1 atom stereocenters. The van der Waals surface area contributed by atoms with Gasteiger partial charge in [0.2, 0.25) is 10.0 Å². The van der Waals surface area contributed by atoms with Crippen LogP contribution in [0.3, 0.4) is 0 Å². The summed E-state index contributed by atoms with van der Waals surface area (Å²) in [5, 5.41) is 0. The van der Waals surface area contributed by atoms with Gasteiger partial charge in [-0.3, -0.25) is 4.98 Å². The first kappa shape index (κ1) is 19.1. The number of ether oxygens (including phenoxy) is 3. The molecule has 2 rings (SSSR count). The lowest BCUT2D eigenvalue weighted by Gasteiger charge is -2.22. The minimum absolute atomic E-state index is 0.114. The van der Waals surface area contributed by atoms with E-state index in [2.05, 4.69) is 9.71 Å². The molecule has 0 saturated carbocycles. The predicted octanol–water partition coefficient (Wildman–Crippen LogP) is 1.34. The van der Waals surface area contributed by atoms with Crippen LogP contribution >= 0.6 is 0 Å². The van der Waals surface area contributed by atoms with Crippen molar-refractivity contribution in [3.63, 3.8) is 0 Å². The van der Waals surface area contributed by atoms with Gasteiger partial charge in [-0.2, -0.15) is 0 Å². The molecule has 136 valence electrons. The lowest BCUT2D eigenvalue weighted by Crippen LogP contribution is -2.38. The van der Waals surface area contributed by atoms with Crippen molar-refractivity contribution in [3.8, 4) is 5.75 Å². The molecule has 7 nitrogen and oxygen atoms in total. The van der Waals surface area contributed by atoms with Crippen LogP contribution in [0.15, 0.2) is 18.5 Å². The van der Waals surface area contributed by atoms with E-state index in [1.54, 1.807) is 32.3 Å². The number of methoxy groups -OCH3 is 1. The topological polar surface area (TPSA) is 86.8 Å². The zero-order valence-electron chi connectivity index (χ0n) is 14.4. The second kappa shape index (κ2) is 8.24. The summed E-state index contributed by atoms with van der Waals surface area (Å²) < 4.78 is 43.3. The molecule has 0 radical (unpaired) electrons. The Morgan fingerprint density at radius 2 is 2.25 bits per heavy atom. The highest BCUT2D eigenvalue weighted by Crippen LogP contribution is 2.20. The Labute approximate surface area is 143 Å². The fourth-order valence-electron chi connectivity index (χ4n) is 2.36. The Morgan fingerprint density at radius 3 is 2.92 bits per heavy atom. The van der Waals surface area contributed by atoms with Crippen LogP contribution in [0, 0.1) is 5.92 Å². The Kier molecular flexibility index (Phi) is 6.56. The summed E-state index contributed by atoms with van der Waals surface area (Å²) in [6.07, 6.45) is 4.21. The fourth-order valence-corrected chi connectivity index (χ4v) is 3.87. The highest BCUT2D eigenvalue weighted by molar-refractivity contribution is 7.89. The van der Waals surface area contributed by atoms with Crippen LogP contribution in [0.5, 0.6) is 5.75 Å². The highest BCUT2D eigenvalue weighted by atomic mass is 32.2. The maximum Gasteiger partial charge on any atom is 0.214 e. The standard InChI is InChI=1S/C16H26N2O5S/c1-16(2,21-3)12-24(19,20)18-8-14-4-6-17-9-15(14)23-11-13-5-7-22-10-13/h4,6,9,13,18H,5,7-8,10-12H2,1-3H3. The summed E-state index contributed by atoms with van der Waals surface area (Å²) in [5.41, 5.74) is 0.00835. The molecule has 24 heavy (non-hydrogen) atoms. The molecule has 1 aromatic heterocycles. The number of rotatable bonds is 9. The van der Waals surface area contributed by atoms with Crippen LogP contribution in [-0.4, -0.2) is 51.7 Å². The molecule has 1 unspecified atom stereocenters. The maximum absolute atomic E-state index is 12.2. The van der Waals surface area contributed by atoms with Gasteiger partial charge in [-0.1, -0.05) is 0 Å². The number of sulfonamides is 1. The average Bonchev–Trinajstić information content (AvgIpc) is 3.04. The van der Waals surface area contributed by atoms with Crippen molar-refractivity contribution in [1.82, 2.24) is 9.71 Å². The molecule has 1 saturated heterocycles. The van der Waals surface area contributed by atoms with E-state index in [0.717, 1.165) is 18.6 Å². The Hall–Kier alpha value is -1.22. The van der Waals surface area contributed by atoms with Gasteiger partial charge in [-0.15, -0.1) is 0 Å². The summed E-state index contributed by atoms with van der Waals surface area (Å²) >= 11 is 0. The molecule has 1 fully saturated rings. The van der Waals surface area contributed by atoms with Crippen molar-refractivity contribution in [2.75, 3.05) is 32.7 Å². The minimum Gasteiger partial charge on any atom is -0.491 e. The van der Waals surface area contributed by atoms with Crippen LogP contribution in [-0.2, 0) is 26.0 Å². The SMILES string of the molecule is COC(C)(C)CS(=O)(=O)NCc1ccncc1OCC1CCOC1. The Balaban J connectivity index is 1.94. The molecule has 1 N–H and O–H groups in total. The third-order valence-electron chi connectivity index (χ3n) is 3.94. The van der Waals surface area contributed by atoms with Gasteiger partial charge in [0.05, 0.1) is 30.8 Å². The molecule has 0 spiro atoms. The smallest absolute Gasteiger partial charge is 0.214 e. The zero-order valence-corrected chi connectivity index (χ0v) is 15.3. The van der Waals surface area contributed by atoms with Gasteiger partial charge in [0, 0.05) is 37.9 Å². The number of pyridine rings is 1. The second-order valence-electron chi connectivity index (χ2n) is 6.57. The number of nitrogens with zero attached hydrogens (tertiary/aromatic N) is 1. The van der Waals surface area contributed by atoms with Gasteiger partial charge in [-0.25, -0.2) is 13.1 Å². The zero-order chi connectivity index (χ0) is 17.6. The normalized spacial score (nSPS) is 18.7. The van der Waals surface area contributed by atoms with Gasteiger partial charge in [0.1, 0.15) is 5.75 Å². The second-order valence-corrected chi connectivity index (χ2v) is 8.37. The molecule has 0 aromatic carbocycles. The van der Waals surface area contributed by atoms with Crippen molar-refractivity contribution in [2.45, 2.75) is 32.4 Å². The summed E-state index contributed by atoms with van der Waals surface area (Å²) in [6.45, 7) is 5.63. The predicted molar refractivity (Wildman–Crippen MR) is 90.4 cm³/mol. The first-order valence-corrected chi connectivity index (χ1v) is 9.62. The van der Waals surface area contributed by atoms with Crippen LogP contribution in [0.25, 0.3) is 0 Å². The third-order valence-corrected chi connectivity index (χ3v) is 5.60.